The minimum Gasteiger partial charge on any atom is -0.457 e. The second kappa shape index (κ2) is 9.34. The zero-order valence-corrected chi connectivity index (χ0v) is 17.9. The molecule has 32 heavy (non-hydrogen) atoms. The van der Waals surface area contributed by atoms with E-state index >= 15 is 0 Å². The number of fused-ring (bicyclic) bond motifs is 1. The molecule has 0 saturated carbocycles. The molecule has 0 fully saturated rings. The molecule has 0 heterocycles. The summed E-state index contributed by atoms with van der Waals surface area (Å²) in [4.78, 5) is 55.7. The Bertz CT molecular complexity index is 1160. The summed E-state index contributed by atoms with van der Waals surface area (Å²) in [6, 6.07) is 11.4. The molecule has 0 N–H and O–H groups in total. The van der Waals surface area contributed by atoms with Crippen LogP contribution in [0.15, 0.2) is 52.8 Å². The molecule has 2 aromatic carbocycles. The van der Waals surface area contributed by atoms with Gasteiger partial charge in [-0.2, -0.15) is 0 Å². The summed E-state index contributed by atoms with van der Waals surface area (Å²) in [7, 11) is 0. The van der Waals surface area contributed by atoms with Gasteiger partial charge in [0.05, 0.1) is 0 Å². The molecule has 1 aliphatic carbocycles. The van der Waals surface area contributed by atoms with Crippen LogP contribution in [0.2, 0.25) is 0 Å². The van der Waals surface area contributed by atoms with Crippen molar-refractivity contribution in [2.45, 2.75) is 33.6 Å². The van der Waals surface area contributed by atoms with E-state index in [2.05, 4.69) is 20.0 Å². The smallest absolute Gasteiger partial charge is 0.331 e. The average molecular weight is 436 g/mol. The Morgan fingerprint density at radius 2 is 1.50 bits per heavy atom. The molecule has 9 heteroatoms. The minimum atomic E-state index is -0.615. The lowest BCUT2D eigenvalue weighted by Gasteiger charge is -2.09. The van der Waals surface area contributed by atoms with Gasteiger partial charge in [-0.1, -0.05) is 17.2 Å². The second-order valence-electron chi connectivity index (χ2n) is 7.07. The van der Waals surface area contributed by atoms with Crippen LogP contribution in [0.3, 0.4) is 0 Å². The van der Waals surface area contributed by atoms with Crippen LogP contribution < -0.4 is 4.74 Å². The lowest BCUT2D eigenvalue weighted by molar-refractivity contribution is -0.141. The van der Waals surface area contributed by atoms with Crippen LogP contribution in [0.25, 0.3) is 0 Å². The summed E-state index contributed by atoms with van der Waals surface area (Å²) in [5.74, 6) is -1.30. The molecule has 164 valence electrons. The van der Waals surface area contributed by atoms with Gasteiger partial charge in [0.2, 0.25) is 11.6 Å². The maximum absolute atomic E-state index is 12.5. The first-order valence-corrected chi connectivity index (χ1v) is 9.66. The standard InChI is InChI=1S/C23H20N2O7/c1-12-20-11-18(9-10-19(20)23(29)21(12)25-32-15(4)27)30-17-7-5-16(6-8-17)22(28)13(2)24-31-14(3)26/h5-12H,1-4H3/b24-13+,25-21?. The third-order valence-corrected chi connectivity index (χ3v) is 4.64. The van der Waals surface area contributed by atoms with E-state index in [-0.39, 0.29) is 28.9 Å². The largest absolute Gasteiger partial charge is 0.457 e. The van der Waals surface area contributed by atoms with Crippen LogP contribution in [0.5, 0.6) is 11.5 Å². The van der Waals surface area contributed by atoms with E-state index in [0.29, 0.717) is 28.2 Å². The molecule has 0 aromatic heterocycles. The van der Waals surface area contributed by atoms with Crippen molar-refractivity contribution in [2.24, 2.45) is 10.3 Å². The van der Waals surface area contributed by atoms with Crippen LogP contribution in [0, 0.1) is 0 Å². The van der Waals surface area contributed by atoms with Crippen molar-refractivity contribution < 1.29 is 33.6 Å². The van der Waals surface area contributed by atoms with Gasteiger partial charge in [0.15, 0.2) is 0 Å². The highest BCUT2D eigenvalue weighted by atomic mass is 16.7. The SMILES string of the molecule is CC(=O)ON=C1C(=O)c2ccc(Oc3ccc(C(=O)/C(C)=N/OC(C)=O)cc3)cc2C1C. The molecule has 1 unspecified atom stereocenters. The summed E-state index contributed by atoms with van der Waals surface area (Å²) in [6.07, 6.45) is 0. The number of nitrogens with zero attached hydrogens (tertiary/aromatic N) is 2. The van der Waals surface area contributed by atoms with Crippen molar-refractivity contribution in [3.8, 4) is 11.5 Å². The fourth-order valence-electron chi connectivity index (χ4n) is 3.08. The Labute approximate surface area is 183 Å². The molecule has 3 rings (SSSR count). The number of Topliss-reactive ketones (excluding diaryl/α,β-unsaturated/α-hetero) is 2. The van der Waals surface area contributed by atoms with E-state index in [1.165, 1.54) is 20.8 Å². The maximum Gasteiger partial charge on any atom is 0.331 e. The summed E-state index contributed by atoms with van der Waals surface area (Å²) < 4.78 is 5.85. The number of oxime groups is 2. The molecular weight excluding hydrogens is 416 g/mol. The van der Waals surface area contributed by atoms with E-state index in [4.69, 9.17) is 4.74 Å². The van der Waals surface area contributed by atoms with E-state index in [9.17, 15) is 19.2 Å². The Balaban J connectivity index is 1.75. The van der Waals surface area contributed by atoms with Gasteiger partial charge in [0.25, 0.3) is 0 Å². The van der Waals surface area contributed by atoms with E-state index in [0.717, 1.165) is 0 Å². The van der Waals surface area contributed by atoms with Crippen molar-refractivity contribution in [1.29, 1.82) is 0 Å². The predicted octanol–water partition coefficient (Wildman–Crippen LogP) is 3.82. The topological polar surface area (TPSA) is 121 Å². The van der Waals surface area contributed by atoms with Gasteiger partial charge in [-0.3, -0.25) is 9.59 Å². The third-order valence-electron chi connectivity index (χ3n) is 4.64. The second-order valence-corrected chi connectivity index (χ2v) is 7.07. The molecule has 0 saturated heterocycles. The third kappa shape index (κ3) is 4.94. The maximum atomic E-state index is 12.5. The van der Waals surface area contributed by atoms with Crippen molar-refractivity contribution in [3.63, 3.8) is 0 Å². The van der Waals surface area contributed by atoms with Crippen LogP contribution in [0.4, 0.5) is 0 Å². The summed E-state index contributed by atoms with van der Waals surface area (Å²) in [6.45, 7) is 5.63. The number of rotatable bonds is 6. The molecule has 1 aliphatic rings. The first-order valence-electron chi connectivity index (χ1n) is 9.66. The molecule has 0 radical (unpaired) electrons. The van der Waals surface area contributed by atoms with Gasteiger partial charge >= 0.3 is 11.9 Å². The first kappa shape index (κ1) is 22.5. The highest BCUT2D eigenvalue weighted by Crippen LogP contribution is 2.35. The average Bonchev–Trinajstić information content (AvgIpc) is 2.99. The van der Waals surface area contributed by atoms with Crippen molar-refractivity contribution in [3.05, 3.63) is 59.2 Å². The van der Waals surface area contributed by atoms with Gasteiger partial charge in [-0.05, 0) is 55.0 Å². The summed E-state index contributed by atoms with van der Waals surface area (Å²) in [5, 5.41) is 7.17. The van der Waals surface area contributed by atoms with Crippen molar-refractivity contribution >= 4 is 34.9 Å². The Kier molecular flexibility index (Phi) is 6.58. The molecule has 0 spiro atoms. The normalized spacial score (nSPS) is 16.5. The highest BCUT2D eigenvalue weighted by Gasteiger charge is 2.34. The highest BCUT2D eigenvalue weighted by molar-refractivity contribution is 6.51. The zero-order chi connectivity index (χ0) is 23.4. The van der Waals surface area contributed by atoms with Gasteiger partial charge < -0.3 is 14.4 Å². The lowest BCUT2D eigenvalue weighted by atomic mass is 10.0. The number of carbonyl (C=O) groups excluding carboxylic acids is 4. The summed E-state index contributed by atoms with van der Waals surface area (Å²) >= 11 is 0. The van der Waals surface area contributed by atoms with Gasteiger partial charge in [0, 0.05) is 30.9 Å². The fourth-order valence-corrected chi connectivity index (χ4v) is 3.08. The monoisotopic (exact) mass is 436 g/mol. The fraction of sp³-hybridized carbons (Fsp3) is 0.217. The Hall–Kier alpha value is -4.14. The predicted molar refractivity (Wildman–Crippen MR) is 114 cm³/mol. The van der Waals surface area contributed by atoms with Crippen LogP contribution in [0.1, 0.15) is 59.9 Å². The number of ketones is 2. The van der Waals surface area contributed by atoms with E-state index < -0.39 is 11.9 Å². The molecule has 9 nitrogen and oxygen atoms in total. The van der Waals surface area contributed by atoms with Crippen LogP contribution in [-0.2, 0) is 19.3 Å². The number of carbonyl (C=O) groups is 4. The molecular formula is C23H20N2O7. The summed E-state index contributed by atoms with van der Waals surface area (Å²) in [5.41, 5.74) is 1.73. The van der Waals surface area contributed by atoms with Crippen molar-refractivity contribution in [2.75, 3.05) is 0 Å². The molecule has 0 bridgehead atoms. The van der Waals surface area contributed by atoms with Gasteiger partial charge in [0.1, 0.15) is 22.9 Å². The Morgan fingerprint density at radius 1 is 0.875 bits per heavy atom. The number of ether oxygens (including phenoxy) is 1. The van der Waals surface area contributed by atoms with E-state index in [1.54, 1.807) is 49.4 Å². The Morgan fingerprint density at radius 3 is 2.12 bits per heavy atom. The minimum absolute atomic E-state index is 0.0392. The lowest BCUT2D eigenvalue weighted by Crippen LogP contribution is -2.12. The van der Waals surface area contributed by atoms with Gasteiger partial charge in [-0.25, -0.2) is 9.59 Å². The molecule has 2 aromatic rings. The molecule has 1 atom stereocenters. The number of hydrogen-bond donors (Lipinski definition) is 0. The zero-order valence-electron chi connectivity index (χ0n) is 17.9. The first-order chi connectivity index (χ1) is 15.2. The number of hydrogen-bond acceptors (Lipinski definition) is 9. The quantitative estimate of drug-likeness (QED) is 0.292. The van der Waals surface area contributed by atoms with Crippen molar-refractivity contribution in [1.82, 2.24) is 0 Å². The molecule has 0 aliphatic heterocycles. The van der Waals surface area contributed by atoms with Crippen LogP contribution >= 0.6 is 0 Å². The van der Waals surface area contributed by atoms with E-state index in [1.807, 2.05) is 0 Å². The number of benzene rings is 2. The molecule has 0 amide bonds. The van der Waals surface area contributed by atoms with Gasteiger partial charge in [-0.15, -0.1) is 0 Å². The van der Waals surface area contributed by atoms with Crippen LogP contribution in [-0.4, -0.2) is 34.9 Å².